The van der Waals surface area contributed by atoms with Crippen LogP contribution in [0.4, 0.5) is 9.18 Å². The number of carbonyl (C=O) groups excluding carboxylic acids is 1. The van der Waals surface area contributed by atoms with E-state index in [2.05, 4.69) is 5.32 Å². The normalized spacial score (nSPS) is 21.5. The first-order valence-electron chi connectivity index (χ1n) is 7.35. The van der Waals surface area contributed by atoms with Gasteiger partial charge >= 0.3 is 11.7 Å². The number of aromatic amines is 1. The van der Waals surface area contributed by atoms with E-state index >= 15 is 0 Å². The van der Waals surface area contributed by atoms with E-state index in [1.165, 1.54) is 0 Å². The molecule has 1 aliphatic rings. The quantitative estimate of drug-likeness (QED) is 0.861. The summed E-state index contributed by atoms with van der Waals surface area (Å²) in [6.45, 7) is 0.358. The van der Waals surface area contributed by atoms with Crippen LogP contribution in [0.3, 0.4) is 0 Å². The molecule has 7 nitrogen and oxygen atoms in total. The lowest BCUT2D eigenvalue weighted by atomic mass is 9.84. The summed E-state index contributed by atoms with van der Waals surface area (Å²) in [7, 11) is 1.68. The van der Waals surface area contributed by atoms with Crippen LogP contribution < -0.4 is 16.6 Å². The molecule has 22 heavy (non-hydrogen) atoms. The monoisotopic (exact) mass is 313 g/mol. The van der Waals surface area contributed by atoms with Crippen LogP contribution in [0.15, 0.2) is 15.8 Å². The molecule has 1 aromatic rings. The number of methoxy groups -OCH3 is 1. The Morgan fingerprint density at radius 3 is 2.91 bits per heavy atom. The highest BCUT2D eigenvalue weighted by atomic mass is 19.1. The van der Waals surface area contributed by atoms with E-state index in [1.807, 2.05) is 0 Å². The lowest BCUT2D eigenvalue weighted by Crippen LogP contribution is -2.41. The predicted molar refractivity (Wildman–Crippen MR) is 77.4 cm³/mol. The maximum Gasteiger partial charge on any atom is 0.336 e. The van der Waals surface area contributed by atoms with Gasteiger partial charge in [-0.3, -0.25) is 9.78 Å². The SMILES string of the molecule is COC1CCCCC1CCNC(=O)n1cc(F)c(=O)[nH]c1=O. The second-order valence-electron chi connectivity index (χ2n) is 5.45. The first-order valence-corrected chi connectivity index (χ1v) is 7.35. The van der Waals surface area contributed by atoms with Crippen molar-refractivity contribution in [3.63, 3.8) is 0 Å². The zero-order chi connectivity index (χ0) is 16.1. The summed E-state index contributed by atoms with van der Waals surface area (Å²) >= 11 is 0. The fourth-order valence-corrected chi connectivity index (χ4v) is 2.86. The molecule has 2 rings (SSSR count). The topological polar surface area (TPSA) is 93.2 Å². The van der Waals surface area contributed by atoms with E-state index in [1.54, 1.807) is 12.1 Å². The number of hydrogen-bond acceptors (Lipinski definition) is 4. The summed E-state index contributed by atoms with van der Waals surface area (Å²) in [5.74, 6) is -0.815. The number of amides is 1. The molecule has 2 N–H and O–H groups in total. The molecular weight excluding hydrogens is 293 g/mol. The minimum Gasteiger partial charge on any atom is -0.381 e. The van der Waals surface area contributed by atoms with Gasteiger partial charge in [0.15, 0.2) is 0 Å². The highest BCUT2D eigenvalue weighted by Crippen LogP contribution is 2.28. The summed E-state index contributed by atoms with van der Waals surface area (Å²) in [5.41, 5.74) is -2.10. The molecule has 0 spiro atoms. The summed E-state index contributed by atoms with van der Waals surface area (Å²) in [6.07, 6.45) is 5.86. The van der Waals surface area contributed by atoms with Gasteiger partial charge in [-0.05, 0) is 25.2 Å². The molecule has 1 fully saturated rings. The van der Waals surface area contributed by atoms with Crippen molar-refractivity contribution in [1.82, 2.24) is 14.9 Å². The summed E-state index contributed by atoms with van der Waals surface area (Å²) in [5, 5.41) is 2.56. The van der Waals surface area contributed by atoms with Crippen LogP contribution >= 0.6 is 0 Å². The van der Waals surface area contributed by atoms with Gasteiger partial charge in [-0.25, -0.2) is 14.2 Å². The molecule has 0 saturated heterocycles. The average molecular weight is 313 g/mol. The number of rotatable bonds is 4. The van der Waals surface area contributed by atoms with Gasteiger partial charge in [-0.15, -0.1) is 0 Å². The third kappa shape index (κ3) is 3.82. The molecule has 1 saturated carbocycles. The van der Waals surface area contributed by atoms with E-state index in [0.29, 0.717) is 23.2 Å². The molecule has 8 heteroatoms. The van der Waals surface area contributed by atoms with Crippen molar-refractivity contribution in [1.29, 1.82) is 0 Å². The van der Waals surface area contributed by atoms with E-state index in [4.69, 9.17) is 4.74 Å². The first kappa shape index (κ1) is 16.4. The number of hydrogen-bond donors (Lipinski definition) is 2. The van der Waals surface area contributed by atoms with Gasteiger partial charge in [0.2, 0.25) is 5.82 Å². The standard InChI is InChI=1S/C14H20FN3O4/c1-22-11-5-3-2-4-9(11)6-7-16-13(20)18-8-10(15)12(19)17-14(18)21/h8-9,11H,2-7H2,1H3,(H,16,20)(H,17,19,21). The smallest absolute Gasteiger partial charge is 0.336 e. The number of nitrogens with zero attached hydrogens (tertiary/aromatic N) is 1. The number of nitrogens with one attached hydrogen (secondary N) is 2. The fraction of sp³-hybridized carbons (Fsp3) is 0.643. The van der Waals surface area contributed by atoms with Gasteiger partial charge in [0.05, 0.1) is 12.3 Å². The van der Waals surface area contributed by atoms with Gasteiger partial charge < -0.3 is 10.1 Å². The maximum absolute atomic E-state index is 13.1. The summed E-state index contributed by atoms with van der Waals surface area (Å²) in [4.78, 5) is 36.0. The zero-order valence-corrected chi connectivity index (χ0v) is 12.4. The Morgan fingerprint density at radius 2 is 2.18 bits per heavy atom. The summed E-state index contributed by atoms with van der Waals surface area (Å²) in [6, 6.07) is -0.759. The Bertz CT molecular complexity index is 640. The maximum atomic E-state index is 13.1. The van der Waals surface area contributed by atoms with Crippen LogP contribution in [-0.2, 0) is 4.74 Å². The van der Waals surface area contributed by atoms with Crippen molar-refractivity contribution in [2.45, 2.75) is 38.2 Å². The van der Waals surface area contributed by atoms with E-state index in [0.717, 1.165) is 32.1 Å². The molecule has 1 heterocycles. The van der Waals surface area contributed by atoms with E-state index in [-0.39, 0.29) is 6.10 Å². The van der Waals surface area contributed by atoms with Crippen molar-refractivity contribution >= 4 is 6.03 Å². The van der Waals surface area contributed by atoms with Crippen LogP contribution in [0.5, 0.6) is 0 Å². The van der Waals surface area contributed by atoms with Crippen molar-refractivity contribution < 1.29 is 13.9 Å². The highest BCUT2D eigenvalue weighted by Gasteiger charge is 2.24. The Labute approximate surface area is 126 Å². The number of H-pyrrole nitrogens is 1. The Kier molecular flexibility index (Phi) is 5.48. The third-order valence-corrected chi connectivity index (χ3v) is 4.05. The molecule has 1 amide bonds. The molecule has 1 aromatic heterocycles. The van der Waals surface area contributed by atoms with Crippen molar-refractivity contribution in [2.75, 3.05) is 13.7 Å². The van der Waals surface area contributed by atoms with Gasteiger partial charge in [-0.2, -0.15) is 4.39 Å². The van der Waals surface area contributed by atoms with Gasteiger partial charge in [0.1, 0.15) is 0 Å². The minimum absolute atomic E-state index is 0.193. The Morgan fingerprint density at radius 1 is 1.45 bits per heavy atom. The molecule has 0 aromatic carbocycles. The predicted octanol–water partition coefficient (Wildman–Crippen LogP) is 0.829. The molecule has 122 valence electrons. The van der Waals surface area contributed by atoms with Gasteiger partial charge in [0.25, 0.3) is 5.56 Å². The number of ether oxygens (including phenoxy) is 1. The fourth-order valence-electron chi connectivity index (χ4n) is 2.86. The van der Waals surface area contributed by atoms with Crippen molar-refractivity contribution in [2.24, 2.45) is 5.92 Å². The summed E-state index contributed by atoms with van der Waals surface area (Å²) < 4.78 is 19.1. The first-order chi connectivity index (χ1) is 10.5. The average Bonchev–Trinajstić information content (AvgIpc) is 2.51. The third-order valence-electron chi connectivity index (χ3n) is 4.05. The zero-order valence-electron chi connectivity index (χ0n) is 12.4. The second kappa shape index (κ2) is 7.35. The van der Waals surface area contributed by atoms with E-state index in [9.17, 15) is 18.8 Å². The molecule has 0 radical (unpaired) electrons. The minimum atomic E-state index is -1.18. The molecule has 0 bridgehead atoms. The van der Waals surface area contributed by atoms with Crippen LogP contribution in [-0.4, -0.2) is 35.3 Å². The van der Waals surface area contributed by atoms with Crippen LogP contribution in [0, 0.1) is 11.7 Å². The molecule has 0 aliphatic heterocycles. The van der Waals surface area contributed by atoms with Gasteiger partial charge in [-0.1, -0.05) is 12.8 Å². The Balaban J connectivity index is 1.92. The number of halogens is 1. The number of aromatic nitrogens is 2. The number of carbonyl (C=O) groups is 1. The van der Waals surface area contributed by atoms with E-state index < -0.39 is 23.1 Å². The highest BCUT2D eigenvalue weighted by molar-refractivity contribution is 5.76. The Hall–Kier alpha value is -1.96. The lowest BCUT2D eigenvalue weighted by Gasteiger charge is -2.30. The van der Waals surface area contributed by atoms with Crippen molar-refractivity contribution in [3.05, 3.63) is 32.9 Å². The van der Waals surface area contributed by atoms with Crippen LogP contribution in [0.25, 0.3) is 0 Å². The van der Waals surface area contributed by atoms with Crippen LogP contribution in [0.2, 0.25) is 0 Å². The van der Waals surface area contributed by atoms with Crippen molar-refractivity contribution in [3.8, 4) is 0 Å². The van der Waals surface area contributed by atoms with Gasteiger partial charge in [0, 0.05) is 13.7 Å². The van der Waals surface area contributed by atoms with Crippen LogP contribution in [0.1, 0.15) is 32.1 Å². The molecule has 2 atom stereocenters. The second-order valence-corrected chi connectivity index (χ2v) is 5.45. The molecule has 2 unspecified atom stereocenters. The molecule has 1 aliphatic carbocycles. The lowest BCUT2D eigenvalue weighted by molar-refractivity contribution is 0.0208. The molecular formula is C14H20FN3O4. The largest absolute Gasteiger partial charge is 0.381 e.